The van der Waals surface area contributed by atoms with Crippen LogP contribution in [0, 0.1) is 0 Å². The van der Waals surface area contributed by atoms with Crippen LogP contribution < -0.4 is 5.32 Å². The number of pyridine rings is 1. The Bertz CT molecular complexity index is 450. The van der Waals surface area contributed by atoms with E-state index >= 15 is 0 Å². The van der Waals surface area contributed by atoms with Crippen LogP contribution in [0.25, 0.3) is 11.2 Å². The van der Waals surface area contributed by atoms with E-state index in [9.17, 15) is 0 Å². The average Bonchev–Trinajstić information content (AvgIpc) is 2.71. The Hall–Kier alpha value is -1.42. The second-order valence-corrected chi connectivity index (χ2v) is 4.71. The minimum Gasteiger partial charge on any atom is -0.339 e. The van der Waals surface area contributed by atoms with Crippen LogP contribution in [0.3, 0.4) is 0 Å². The molecule has 0 spiro atoms. The summed E-state index contributed by atoms with van der Waals surface area (Å²) in [7, 11) is 0. The molecule has 17 heavy (non-hydrogen) atoms. The maximum absolute atomic E-state index is 4.58. The largest absolute Gasteiger partial charge is 0.339 e. The third kappa shape index (κ3) is 2.31. The van der Waals surface area contributed by atoms with E-state index in [2.05, 4.69) is 20.3 Å². The van der Waals surface area contributed by atoms with Gasteiger partial charge in [-0.05, 0) is 31.5 Å². The van der Waals surface area contributed by atoms with Crippen molar-refractivity contribution in [3.63, 3.8) is 0 Å². The van der Waals surface area contributed by atoms with Gasteiger partial charge in [0.1, 0.15) is 5.82 Å². The molecule has 4 nitrogen and oxygen atoms in total. The summed E-state index contributed by atoms with van der Waals surface area (Å²) >= 11 is 0. The quantitative estimate of drug-likeness (QED) is 0.791. The number of hydrogen-bond acceptors (Lipinski definition) is 3. The Morgan fingerprint density at radius 3 is 3.06 bits per heavy atom. The normalized spacial score (nSPS) is 22.2. The van der Waals surface area contributed by atoms with Gasteiger partial charge in [-0.15, -0.1) is 0 Å². The fourth-order valence-electron chi connectivity index (χ4n) is 2.47. The summed E-state index contributed by atoms with van der Waals surface area (Å²) in [5.74, 6) is 1.04. The van der Waals surface area contributed by atoms with E-state index in [1.165, 1.54) is 32.1 Å². The van der Waals surface area contributed by atoms with Crippen molar-refractivity contribution in [3.05, 3.63) is 24.2 Å². The molecule has 2 aromatic heterocycles. The van der Waals surface area contributed by atoms with Crippen LogP contribution in [0.1, 0.15) is 44.0 Å². The molecule has 1 atom stereocenters. The SMILES string of the molecule is c1cnc2nc(C3CCCCCCN3)[nH]c2c1. The second-order valence-electron chi connectivity index (χ2n) is 4.71. The van der Waals surface area contributed by atoms with E-state index in [0.29, 0.717) is 6.04 Å². The summed E-state index contributed by atoms with van der Waals surface area (Å²) in [5.41, 5.74) is 1.86. The molecule has 2 aromatic rings. The smallest absolute Gasteiger partial charge is 0.177 e. The molecular formula is C13H18N4. The standard InChI is InChI=1S/C13H18N4/c1-2-4-8-14-10(6-3-1)13-16-11-7-5-9-15-12(11)17-13/h5,7,9-10,14H,1-4,6,8H2,(H,15,16,17). The van der Waals surface area contributed by atoms with Crippen molar-refractivity contribution in [1.82, 2.24) is 20.3 Å². The lowest BCUT2D eigenvalue weighted by atomic mass is 10.0. The van der Waals surface area contributed by atoms with Gasteiger partial charge < -0.3 is 10.3 Å². The summed E-state index contributed by atoms with van der Waals surface area (Å²) in [6.07, 6.45) is 8.20. The molecule has 1 fully saturated rings. The summed E-state index contributed by atoms with van der Waals surface area (Å²) in [5, 5.41) is 3.58. The fourth-order valence-corrected chi connectivity index (χ4v) is 2.47. The number of fused-ring (bicyclic) bond motifs is 1. The Morgan fingerprint density at radius 1 is 1.18 bits per heavy atom. The van der Waals surface area contributed by atoms with Crippen LogP contribution in [-0.4, -0.2) is 21.5 Å². The van der Waals surface area contributed by atoms with Crippen molar-refractivity contribution in [1.29, 1.82) is 0 Å². The summed E-state index contributed by atoms with van der Waals surface area (Å²) in [6, 6.07) is 4.34. The topological polar surface area (TPSA) is 53.6 Å². The van der Waals surface area contributed by atoms with Crippen molar-refractivity contribution in [2.75, 3.05) is 6.54 Å². The lowest BCUT2D eigenvalue weighted by Gasteiger charge is -2.19. The zero-order chi connectivity index (χ0) is 11.5. The Morgan fingerprint density at radius 2 is 2.12 bits per heavy atom. The number of hydrogen-bond donors (Lipinski definition) is 2. The lowest BCUT2D eigenvalue weighted by molar-refractivity contribution is 0.416. The molecule has 0 bridgehead atoms. The van der Waals surface area contributed by atoms with Gasteiger partial charge in [0.2, 0.25) is 0 Å². The molecular weight excluding hydrogens is 212 g/mol. The molecule has 0 amide bonds. The van der Waals surface area contributed by atoms with Crippen LogP contribution >= 0.6 is 0 Å². The summed E-state index contributed by atoms with van der Waals surface area (Å²) < 4.78 is 0. The van der Waals surface area contributed by atoms with E-state index < -0.39 is 0 Å². The number of aromatic nitrogens is 3. The number of rotatable bonds is 1. The first kappa shape index (κ1) is 10.7. The predicted octanol–water partition coefficient (Wildman–Crippen LogP) is 2.55. The minimum atomic E-state index is 0.365. The highest BCUT2D eigenvalue weighted by Crippen LogP contribution is 2.21. The predicted molar refractivity (Wildman–Crippen MR) is 67.7 cm³/mol. The highest BCUT2D eigenvalue weighted by atomic mass is 15.0. The summed E-state index contributed by atoms with van der Waals surface area (Å²) in [4.78, 5) is 12.2. The Kier molecular flexibility index (Phi) is 3.05. The van der Waals surface area contributed by atoms with E-state index in [1.54, 1.807) is 6.20 Å². The number of aromatic amines is 1. The van der Waals surface area contributed by atoms with Crippen LogP contribution in [0.5, 0.6) is 0 Å². The number of imidazole rings is 1. The van der Waals surface area contributed by atoms with Crippen molar-refractivity contribution in [2.45, 2.75) is 38.1 Å². The number of nitrogens with zero attached hydrogens (tertiary/aromatic N) is 2. The molecule has 1 unspecified atom stereocenters. The highest BCUT2D eigenvalue weighted by Gasteiger charge is 2.16. The molecule has 0 saturated carbocycles. The molecule has 2 N–H and O–H groups in total. The molecule has 0 aliphatic carbocycles. The molecule has 1 saturated heterocycles. The number of H-pyrrole nitrogens is 1. The second kappa shape index (κ2) is 4.84. The molecule has 4 heteroatoms. The molecule has 1 aliphatic rings. The third-order valence-electron chi connectivity index (χ3n) is 3.42. The van der Waals surface area contributed by atoms with Crippen LogP contribution in [0.4, 0.5) is 0 Å². The first-order valence-electron chi connectivity index (χ1n) is 6.47. The van der Waals surface area contributed by atoms with Gasteiger partial charge in [-0.2, -0.15) is 0 Å². The molecule has 3 rings (SSSR count). The fraction of sp³-hybridized carbons (Fsp3) is 0.538. The molecule has 0 aromatic carbocycles. The first-order chi connectivity index (χ1) is 8.43. The molecule has 3 heterocycles. The van der Waals surface area contributed by atoms with E-state index in [1.807, 2.05) is 12.1 Å². The minimum absolute atomic E-state index is 0.365. The maximum Gasteiger partial charge on any atom is 0.177 e. The average molecular weight is 230 g/mol. The van der Waals surface area contributed by atoms with Gasteiger partial charge in [0.25, 0.3) is 0 Å². The Balaban J connectivity index is 1.85. The highest BCUT2D eigenvalue weighted by molar-refractivity contribution is 5.69. The van der Waals surface area contributed by atoms with Gasteiger partial charge in [-0.3, -0.25) is 0 Å². The van der Waals surface area contributed by atoms with Crippen LogP contribution in [0.15, 0.2) is 18.3 Å². The summed E-state index contributed by atoms with van der Waals surface area (Å²) in [6.45, 7) is 1.09. The zero-order valence-corrected chi connectivity index (χ0v) is 9.95. The van der Waals surface area contributed by atoms with Gasteiger partial charge in [0.05, 0.1) is 11.6 Å². The van der Waals surface area contributed by atoms with Gasteiger partial charge in [0.15, 0.2) is 5.65 Å². The maximum atomic E-state index is 4.58. The van der Waals surface area contributed by atoms with Crippen molar-refractivity contribution >= 4 is 11.2 Å². The molecule has 1 aliphatic heterocycles. The van der Waals surface area contributed by atoms with Crippen molar-refractivity contribution in [3.8, 4) is 0 Å². The third-order valence-corrected chi connectivity index (χ3v) is 3.42. The first-order valence-corrected chi connectivity index (χ1v) is 6.47. The van der Waals surface area contributed by atoms with E-state index in [4.69, 9.17) is 0 Å². The van der Waals surface area contributed by atoms with Crippen molar-refractivity contribution < 1.29 is 0 Å². The zero-order valence-electron chi connectivity index (χ0n) is 9.95. The van der Waals surface area contributed by atoms with Crippen LogP contribution in [0.2, 0.25) is 0 Å². The molecule has 90 valence electrons. The van der Waals surface area contributed by atoms with Crippen molar-refractivity contribution in [2.24, 2.45) is 0 Å². The van der Waals surface area contributed by atoms with Gasteiger partial charge in [-0.1, -0.05) is 19.3 Å². The lowest BCUT2D eigenvalue weighted by Crippen LogP contribution is -2.24. The number of nitrogens with one attached hydrogen (secondary N) is 2. The monoisotopic (exact) mass is 230 g/mol. The van der Waals surface area contributed by atoms with Crippen LogP contribution in [-0.2, 0) is 0 Å². The molecule has 0 radical (unpaired) electrons. The van der Waals surface area contributed by atoms with Gasteiger partial charge >= 0.3 is 0 Å². The van der Waals surface area contributed by atoms with E-state index in [-0.39, 0.29) is 0 Å². The van der Waals surface area contributed by atoms with Gasteiger partial charge in [-0.25, -0.2) is 9.97 Å². The van der Waals surface area contributed by atoms with E-state index in [0.717, 1.165) is 23.5 Å². The Labute approximate surface area is 101 Å². The van der Waals surface area contributed by atoms with Gasteiger partial charge in [0, 0.05) is 6.20 Å².